The Morgan fingerprint density at radius 1 is 0.840 bits per heavy atom. The standard InChI is InChI=1S/C21H41NO3/c1-5-18(4)20(21(24)25)22-19(23)16-14-12-10-8-6-7-9-11-13-15-17(2)3/h17-18,20H,5-16H2,1-4H3,(H,22,23)(H,24,25)/t18?,20-/m0/s1. The molecule has 0 fully saturated rings. The number of unbranched alkanes of at least 4 members (excludes halogenated alkanes) is 8. The number of aliphatic carboxylic acids is 1. The summed E-state index contributed by atoms with van der Waals surface area (Å²) in [5.74, 6) is -0.274. The Morgan fingerprint density at radius 3 is 1.76 bits per heavy atom. The van der Waals surface area contributed by atoms with Crippen LogP contribution in [0.25, 0.3) is 0 Å². The molecule has 0 aromatic carbocycles. The van der Waals surface area contributed by atoms with Crippen LogP contribution in [0.15, 0.2) is 0 Å². The molecule has 4 nitrogen and oxygen atoms in total. The lowest BCUT2D eigenvalue weighted by Gasteiger charge is -2.20. The van der Waals surface area contributed by atoms with Crippen LogP contribution in [-0.2, 0) is 9.59 Å². The first kappa shape index (κ1) is 23.9. The zero-order valence-electron chi connectivity index (χ0n) is 17.0. The predicted molar refractivity (Wildman–Crippen MR) is 105 cm³/mol. The van der Waals surface area contributed by atoms with Crippen molar-refractivity contribution in [1.29, 1.82) is 0 Å². The first-order valence-electron chi connectivity index (χ1n) is 10.4. The third-order valence-electron chi connectivity index (χ3n) is 4.98. The molecule has 25 heavy (non-hydrogen) atoms. The molecular weight excluding hydrogens is 314 g/mol. The zero-order valence-corrected chi connectivity index (χ0v) is 17.0. The average Bonchev–Trinajstić information content (AvgIpc) is 2.56. The fraction of sp³-hybridized carbons (Fsp3) is 0.905. The van der Waals surface area contributed by atoms with Gasteiger partial charge in [0.15, 0.2) is 0 Å². The summed E-state index contributed by atoms with van der Waals surface area (Å²) >= 11 is 0. The molecule has 1 unspecified atom stereocenters. The highest BCUT2D eigenvalue weighted by molar-refractivity contribution is 5.83. The van der Waals surface area contributed by atoms with Crippen LogP contribution in [0, 0.1) is 11.8 Å². The van der Waals surface area contributed by atoms with E-state index in [1.54, 1.807) is 0 Å². The van der Waals surface area contributed by atoms with Crippen molar-refractivity contribution in [1.82, 2.24) is 5.32 Å². The van der Waals surface area contributed by atoms with E-state index in [0.717, 1.165) is 25.2 Å². The molecule has 2 N–H and O–H groups in total. The van der Waals surface area contributed by atoms with Crippen LogP contribution >= 0.6 is 0 Å². The lowest BCUT2D eigenvalue weighted by molar-refractivity contribution is -0.143. The molecule has 148 valence electrons. The molecule has 4 heteroatoms. The summed E-state index contributed by atoms with van der Waals surface area (Å²) in [5.41, 5.74) is 0. The molecule has 0 aliphatic rings. The van der Waals surface area contributed by atoms with E-state index < -0.39 is 12.0 Å². The van der Waals surface area contributed by atoms with E-state index in [9.17, 15) is 14.7 Å². The quantitative estimate of drug-likeness (QED) is 0.357. The predicted octanol–water partition coefficient (Wildman–Crippen LogP) is 5.55. The average molecular weight is 356 g/mol. The molecule has 0 aromatic heterocycles. The van der Waals surface area contributed by atoms with Gasteiger partial charge >= 0.3 is 5.97 Å². The molecule has 1 amide bonds. The summed E-state index contributed by atoms with van der Waals surface area (Å²) < 4.78 is 0. The maximum Gasteiger partial charge on any atom is 0.326 e. The molecule has 0 bridgehead atoms. The summed E-state index contributed by atoms with van der Waals surface area (Å²) in [4.78, 5) is 23.1. The van der Waals surface area contributed by atoms with E-state index in [2.05, 4.69) is 19.2 Å². The molecule has 0 heterocycles. The second-order valence-electron chi connectivity index (χ2n) is 7.88. The van der Waals surface area contributed by atoms with Gasteiger partial charge in [-0.05, 0) is 18.3 Å². The summed E-state index contributed by atoms with van der Waals surface area (Å²) in [6, 6.07) is -0.756. The second kappa shape index (κ2) is 15.2. The van der Waals surface area contributed by atoms with Gasteiger partial charge in [-0.2, -0.15) is 0 Å². The van der Waals surface area contributed by atoms with E-state index in [1.165, 1.54) is 51.4 Å². The first-order valence-corrected chi connectivity index (χ1v) is 10.4. The number of carbonyl (C=O) groups excluding carboxylic acids is 1. The van der Waals surface area contributed by atoms with Gasteiger partial charge in [0.25, 0.3) is 0 Å². The van der Waals surface area contributed by atoms with Crippen molar-refractivity contribution < 1.29 is 14.7 Å². The molecule has 0 rings (SSSR count). The minimum Gasteiger partial charge on any atom is -0.480 e. The van der Waals surface area contributed by atoms with Crippen LogP contribution in [-0.4, -0.2) is 23.0 Å². The number of carbonyl (C=O) groups is 2. The maximum absolute atomic E-state index is 11.9. The van der Waals surface area contributed by atoms with Crippen molar-refractivity contribution in [2.45, 2.75) is 111 Å². The summed E-state index contributed by atoms with van der Waals surface area (Å²) in [7, 11) is 0. The number of rotatable bonds is 16. The van der Waals surface area contributed by atoms with E-state index in [4.69, 9.17) is 0 Å². The van der Waals surface area contributed by atoms with Crippen molar-refractivity contribution in [2.24, 2.45) is 11.8 Å². The van der Waals surface area contributed by atoms with Crippen molar-refractivity contribution in [3.63, 3.8) is 0 Å². The Bertz CT molecular complexity index is 355. The Hall–Kier alpha value is -1.06. The van der Waals surface area contributed by atoms with Crippen LogP contribution < -0.4 is 5.32 Å². The van der Waals surface area contributed by atoms with Gasteiger partial charge in [-0.1, -0.05) is 91.9 Å². The van der Waals surface area contributed by atoms with Gasteiger partial charge in [-0.3, -0.25) is 4.79 Å². The number of carboxylic acid groups (broad SMARTS) is 1. The zero-order chi connectivity index (χ0) is 19.1. The molecule has 2 atom stereocenters. The molecule has 0 spiro atoms. The topological polar surface area (TPSA) is 66.4 Å². The van der Waals surface area contributed by atoms with Gasteiger partial charge in [0.1, 0.15) is 6.04 Å². The van der Waals surface area contributed by atoms with Gasteiger partial charge in [-0.25, -0.2) is 4.79 Å². The SMILES string of the molecule is CCC(C)[C@H](NC(=O)CCCCCCCCCCCC(C)C)C(=O)O. The Labute approximate surface area is 155 Å². The fourth-order valence-corrected chi connectivity index (χ4v) is 3.00. The largest absolute Gasteiger partial charge is 0.480 e. The van der Waals surface area contributed by atoms with E-state index in [0.29, 0.717) is 6.42 Å². The van der Waals surface area contributed by atoms with Crippen LogP contribution in [0.4, 0.5) is 0 Å². The number of carboxylic acids is 1. The highest BCUT2D eigenvalue weighted by Gasteiger charge is 2.24. The highest BCUT2D eigenvalue weighted by atomic mass is 16.4. The summed E-state index contributed by atoms with van der Waals surface area (Å²) in [6.45, 7) is 8.37. The van der Waals surface area contributed by atoms with Crippen molar-refractivity contribution in [3.8, 4) is 0 Å². The Kier molecular flexibility index (Phi) is 14.6. The highest BCUT2D eigenvalue weighted by Crippen LogP contribution is 2.14. The van der Waals surface area contributed by atoms with Gasteiger partial charge in [0.05, 0.1) is 0 Å². The smallest absolute Gasteiger partial charge is 0.326 e. The van der Waals surface area contributed by atoms with Gasteiger partial charge in [-0.15, -0.1) is 0 Å². The number of hydrogen-bond donors (Lipinski definition) is 2. The van der Waals surface area contributed by atoms with Crippen molar-refractivity contribution >= 4 is 11.9 Å². The normalized spacial score (nSPS) is 13.6. The summed E-state index contributed by atoms with van der Waals surface area (Å²) in [6.07, 6.45) is 13.6. The monoisotopic (exact) mass is 355 g/mol. The molecule has 0 radical (unpaired) electrons. The van der Waals surface area contributed by atoms with E-state index >= 15 is 0 Å². The molecule has 0 aliphatic carbocycles. The second-order valence-corrected chi connectivity index (χ2v) is 7.88. The fourth-order valence-electron chi connectivity index (χ4n) is 3.00. The third-order valence-corrected chi connectivity index (χ3v) is 4.98. The molecule has 0 aliphatic heterocycles. The van der Waals surface area contributed by atoms with E-state index in [-0.39, 0.29) is 11.8 Å². The minimum atomic E-state index is -0.934. The molecule has 0 aromatic rings. The lowest BCUT2D eigenvalue weighted by atomic mass is 9.99. The number of hydrogen-bond acceptors (Lipinski definition) is 2. The van der Waals surface area contributed by atoms with Gasteiger partial charge in [0, 0.05) is 6.42 Å². The van der Waals surface area contributed by atoms with Gasteiger partial charge < -0.3 is 10.4 Å². The first-order chi connectivity index (χ1) is 11.9. The van der Waals surface area contributed by atoms with Crippen LogP contribution in [0.2, 0.25) is 0 Å². The molecular formula is C21H41NO3. The molecule has 0 saturated heterocycles. The molecule has 0 saturated carbocycles. The maximum atomic E-state index is 11.9. The van der Waals surface area contributed by atoms with Crippen LogP contribution in [0.1, 0.15) is 105 Å². The number of nitrogens with one attached hydrogen (secondary N) is 1. The van der Waals surface area contributed by atoms with E-state index in [1.807, 2.05) is 13.8 Å². The minimum absolute atomic E-state index is 0.0398. The van der Waals surface area contributed by atoms with Crippen LogP contribution in [0.3, 0.4) is 0 Å². The van der Waals surface area contributed by atoms with Crippen molar-refractivity contribution in [2.75, 3.05) is 0 Å². The summed E-state index contributed by atoms with van der Waals surface area (Å²) in [5, 5.41) is 11.8. The van der Waals surface area contributed by atoms with Crippen LogP contribution in [0.5, 0.6) is 0 Å². The number of amides is 1. The Morgan fingerprint density at radius 2 is 1.32 bits per heavy atom. The van der Waals surface area contributed by atoms with Crippen molar-refractivity contribution in [3.05, 3.63) is 0 Å². The van der Waals surface area contributed by atoms with Gasteiger partial charge in [0.2, 0.25) is 5.91 Å². The third kappa shape index (κ3) is 13.9. The Balaban J connectivity index is 3.55. The lowest BCUT2D eigenvalue weighted by Crippen LogP contribution is -2.44.